The molecule has 0 saturated carbocycles. The summed E-state index contributed by atoms with van der Waals surface area (Å²) in [6.45, 7) is 0.254. The van der Waals surface area contributed by atoms with Crippen molar-refractivity contribution in [3.8, 4) is 0 Å². The summed E-state index contributed by atoms with van der Waals surface area (Å²) in [7, 11) is 1.31. The molecule has 2 rings (SSSR count). The van der Waals surface area contributed by atoms with Gasteiger partial charge in [0.1, 0.15) is 6.54 Å². The van der Waals surface area contributed by atoms with Gasteiger partial charge in [0.25, 0.3) is 5.91 Å². The molecule has 0 spiro atoms. The maximum Gasteiger partial charge on any atom is 0.325 e. The third kappa shape index (κ3) is 4.14. The molecule has 0 aliphatic heterocycles. The first-order valence-corrected chi connectivity index (χ1v) is 6.50. The van der Waals surface area contributed by atoms with Gasteiger partial charge in [-0.3, -0.25) is 14.6 Å². The molecule has 0 aliphatic carbocycles. The molecular formula is C16H16N2O3. The van der Waals surface area contributed by atoms with Crippen LogP contribution in [0, 0.1) is 0 Å². The SMILES string of the molecule is COC(=O)CN(Cc1ccccc1)C(=O)c1ccncc1. The minimum absolute atomic E-state index is 0.0907. The summed E-state index contributed by atoms with van der Waals surface area (Å²) >= 11 is 0. The number of rotatable bonds is 5. The smallest absolute Gasteiger partial charge is 0.325 e. The monoisotopic (exact) mass is 284 g/mol. The molecule has 0 fully saturated rings. The zero-order valence-corrected chi connectivity index (χ0v) is 11.7. The Bertz CT molecular complexity index is 599. The number of nitrogens with zero attached hydrogens (tertiary/aromatic N) is 2. The maximum absolute atomic E-state index is 12.5. The van der Waals surface area contributed by atoms with Crippen molar-refractivity contribution < 1.29 is 14.3 Å². The first-order valence-electron chi connectivity index (χ1n) is 6.50. The number of benzene rings is 1. The number of hydrogen-bond acceptors (Lipinski definition) is 4. The lowest BCUT2D eigenvalue weighted by Gasteiger charge is -2.21. The van der Waals surface area contributed by atoms with Gasteiger partial charge in [0.05, 0.1) is 7.11 Å². The summed E-state index contributed by atoms with van der Waals surface area (Å²) in [5.41, 5.74) is 1.44. The lowest BCUT2D eigenvalue weighted by Crippen LogP contribution is -2.35. The van der Waals surface area contributed by atoms with Gasteiger partial charge < -0.3 is 9.64 Å². The molecule has 0 aliphatic rings. The second kappa shape index (κ2) is 7.19. The third-order valence-corrected chi connectivity index (χ3v) is 2.98. The van der Waals surface area contributed by atoms with Gasteiger partial charge in [0, 0.05) is 24.5 Å². The van der Waals surface area contributed by atoms with E-state index in [1.165, 1.54) is 12.0 Å². The van der Waals surface area contributed by atoms with Crippen LogP contribution < -0.4 is 0 Å². The lowest BCUT2D eigenvalue weighted by atomic mass is 10.2. The Kier molecular flexibility index (Phi) is 5.04. The van der Waals surface area contributed by atoms with Gasteiger partial charge in [0.2, 0.25) is 0 Å². The number of carbonyl (C=O) groups is 2. The molecule has 5 heteroatoms. The van der Waals surface area contributed by atoms with Crippen LogP contribution in [0.25, 0.3) is 0 Å². The van der Waals surface area contributed by atoms with Crippen molar-refractivity contribution in [2.24, 2.45) is 0 Å². The van der Waals surface area contributed by atoms with E-state index in [0.717, 1.165) is 5.56 Å². The molecule has 0 saturated heterocycles. The molecule has 0 atom stereocenters. The number of ether oxygens (including phenoxy) is 1. The Labute approximate surface area is 123 Å². The zero-order chi connectivity index (χ0) is 15.1. The van der Waals surface area contributed by atoms with Crippen LogP contribution in [0.5, 0.6) is 0 Å². The fourth-order valence-electron chi connectivity index (χ4n) is 1.90. The summed E-state index contributed by atoms with van der Waals surface area (Å²) in [6, 6.07) is 12.7. The molecule has 5 nitrogen and oxygen atoms in total. The number of carbonyl (C=O) groups excluding carboxylic acids is 2. The van der Waals surface area contributed by atoms with E-state index in [2.05, 4.69) is 9.72 Å². The van der Waals surface area contributed by atoms with Crippen molar-refractivity contribution in [2.75, 3.05) is 13.7 Å². The molecule has 1 aromatic heterocycles. The van der Waals surface area contributed by atoms with Crippen molar-refractivity contribution >= 4 is 11.9 Å². The van der Waals surface area contributed by atoms with E-state index >= 15 is 0 Å². The zero-order valence-electron chi connectivity index (χ0n) is 11.7. The minimum atomic E-state index is -0.451. The van der Waals surface area contributed by atoms with Crippen LogP contribution in [-0.2, 0) is 16.1 Å². The highest BCUT2D eigenvalue weighted by Crippen LogP contribution is 2.09. The van der Waals surface area contributed by atoms with E-state index in [1.54, 1.807) is 24.5 Å². The topological polar surface area (TPSA) is 59.5 Å². The van der Waals surface area contributed by atoms with Crippen LogP contribution in [0.1, 0.15) is 15.9 Å². The van der Waals surface area contributed by atoms with Crippen LogP contribution in [0.15, 0.2) is 54.9 Å². The Morgan fingerprint density at radius 3 is 2.38 bits per heavy atom. The molecule has 0 unspecified atom stereocenters. The van der Waals surface area contributed by atoms with E-state index in [1.807, 2.05) is 30.3 Å². The average Bonchev–Trinajstić information content (AvgIpc) is 2.55. The molecule has 1 heterocycles. The molecule has 0 bridgehead atoms. The number of methoxy groups -OCH3 is 1. The summed E-state index contributed by atoms with van der Waals surface area (Å²) in [4.78, 5) is 29.4. The summed E-state index contributed by atoms with van der Waals surface area (Å²) in [5.74, 6) is -0.681. The van der Waals surface area contributed by atoms with E-state index in [-0.39, 0.29) is 12.5 Å². The summed E-state index contributed by atoms with van der Waals surface area (Å²) in [6.07, 6.45) is 3.10. The van der Waals surface area contributed by atoms with Crippen molar-refractivity contribution in [1.82, 2.24) is 9.88 Å². The summed E-state index contributed by atoms with van der Waals surface area (Å²) in [5, 5.41) is 0. The Morgan fingerprint density at radius 1 is 1.10 bits per heavy atom. The van der Waals surface area contributed by atoms with Crippen LogP contribution in [0.2, 0.25) is 0 Å². The third-order valence-electron chi connectivity index (χ3n) is 2.98. The van der Waals surface area contributed by atoms with Crippen molar-refractivity contribution in [3.05, 3.63) is 66.0 Å². The van der Waals surface area contributed by atoms with Crippen molar-refractivity contribution in [3.63, 3.8) is 0 Å². The van der Waals surface area contributed by atoms with Gasteiger partial charge in [-0.15, -0.1) is 0 Å². The normalized spacial score (nSPS) is 9.95. The second-order valence-corrected chi connectivity index (χ2v) is 4.46. The van der Waals surface area contributed by atoms with Gasteiger partial charge in [-0.1, -0.05) is 30.3 Å². The van der Waals surface area contributed by atoms with Crippen LogP contribution in [0.3, 0.4) is 0 Å². The van der Waals surface area contributed by atoms with Crippen molar-refractivity contribution in [2.45, 2.75) is 6.54 Å². The van der Waals surface area contributed by atoms with E-state index in [4.69, 9.17) is 0 Å². The standard InChI is InChI=1S/C16H16N2O3/c1-21-15(19)12-18(11-13-5-3-2-4-6-13)16(20)14-7-9-17-10-8-14/h2-10H,11-12H2,1H3. The fraction of sp³-hybridized carbons (Fsp3) is 0.188. The molecule has 0 N–H and O–H groups in total. The number of amides is 1. The lowest BCUT2D eigenvalue weighted by molar-refractivity contribution is -0.141. The van der Waals surface area contributed by atoms with Gasteiger partial charge >= 0.3 is 5.97 Å². The van der Waals surface area contributed by atoms with Gasteiger partial charge in [-0.05, 0) is 17.7 Å². The number of hydrogen-bond donors (Lipinski definition) is 0. The van der Waals surface area contributed by atoms with Gasteiger partial charge in [0.15, 0.2) is 0 Å². The maximum atomic E-state index is 12.5. The molecule has 21 heavy (non-hydrogen) atoms. The molecule has 108 valence electrons. The Hall–Kier alpha value is -2.69. The van der Waals surface area contributed by atoms with E-state index in [0.29, 0.717) is 12.1 Å². The highest BCUT2D eigenvalue weighted by Gasteiger charge is 2.19. The van der Waals surface area contributed by atoms with Gasteiger partial charge in [-0.25, -0.2) is 0 Å². The Morgan fingerprint density at radius 2 is 1.76 bits per heavy atom. The molecule has 0 radical (unpaired) electrons. The predicted octanol–water partition coefficient (Wildman–Crippen LogP) is 1.90. The predicted molar refractivity (Wildman–Crippen MR) is 77.4 cm³/mol. The molecule has 1 aromatic carbocycles. The molecule has 1 amide bonds. The first-order chi connectivity index (χ1) is 10.2. The van der Waals surface area contributed by atoms with Crippen LogP contribution in [-0.4, -0.2) is 35.4 Å². The first kappa shape index (κ1) is 14.7. The fourth-order valence-corrected chi connectivity index (χ4v) is 1.90. The van der Waals surface area contributed by atoms with Crippen molar-refractivity contribution in [1.29, 1.82) is 0 Å². The van der Waals surface area contributed by atoms with Crippen LogP contribution >= 0.6 is 0 Å². The van der Waals surface area contributed by atoms with Crippen LogP contribution in [0.4, 0.5) is 0 Å². The second-order valence-electron chi connectivity index (χ2n) is 4.46. The molecular weight excluding hydrogens is 268 g/mol. The highest BCUT2D eigenvalue weighted by molar-refractivity contribution is 5.95. The minimum Gasteiger partial charge on any atom is -0.468 e. The largest absolute Gasteiger partial charge is 0.468 e. The number of pyridine rings is 1. The molecule has 2 aromatic rings. The Balaban J connectivity index is 2.19. The van der Waals surface area contributed by atoms with E-state index in [9.17, 15) is 9.59 Å². The van der Waals surface area contributed by atoms with Gasteiger partial charge in [-0.2, -0.15) is 0 Å². The summed E-state index contributed by atoms with van der Waals surface area (Å²) < 4.78 is 4.66. The quantitative estimate of drug-likeness (QED) is 0.787. The van der Waals surface area contributed by atoms with E-state index < -0.39 is 5.97 Å². The average molecular weight is 284 g/mol. The number of esters is 1. The highest BCUT2D eigenvalue weighted by atomic mass is 16.5. The number of aromatic nitrogens is 1.